The van der Waals surface area contributed by atoms with Gasteiger partial charge in [-0.05, 0) is 23.0 Å². The molecule has 11 heteroatoms. The van der Waals surface area contributed by atoms with Gasteiger partial charge in [0.15, 0.2) is 0 Å². The minimum absolute atomic E-state index is 0.179. The summed E-state index contributed by atoms with van der Waals surface area (Å²) in [6, 6.07) is 4.37. The molecular weight excluding hydrogens is 490 g/mol. The monoisotopic (exact) mass is 527 g/mol. The van der Waals surface area contributed by atoms with Crippen LogP contribution in [0.15, 0.2) is 28.7 Å². The van der Waals surface area contributed by atoms with Crippen molar-refractivity contribution in [2.45, 2.75) is 78.6 Å². The molecule has 0 fully saturated rings. The van der Waals surface area contributed by atoms with Crippen LogP contribution < -0.4 is 10.6 Å². The number of hydrogen-bond donors (Lipinski definition) is 2. The van der Waals surface area contributed by atoms with Gasteiger partial charge in [-0.25, -0.2) is 4.79 Å². The number of amides is 3. The number of ether oxygens (including phenoxy) is 1. The van der Waals surface area contributed by atoms with Gasteiger partial charge in [-0.3, -0.25) is 14.4 Å². The predicted molar refractivity (Wildman–Crippen MR) is 138 cm³/mol. The summed E-state index contributed by atoms with van der Waals surface area (Å²) in [4.78, 5) is 54.1. The molecule has 1 aromatic heterocycles. The van der Waals surface area contributed by atoms with E-state index in [-0.39, 0.29) is 24.3 Å². The standard InChI is InChI=1S/C27H37N5O6/c1-14(2)18(21(33)23-30-31-25(38-23)27(5,6)7)28-22(34)20-17-12-10-9-11-16(17)13-32(20)24(35)19(15(3)4)29-26(36)37-8/h9-12,14-15,18-20H,13H2,1-8H3,(H,28,34)(H,29,36)/t18-,19-,20-/m0/s1. The molecule has 0 bridgehead atoms. The highest BCUT2D eigenvalue weighted by molar-refractivity contribution is 6.00. The summed E-state index contributed by atoms with van der Waals surface area (Å²) in [7, 11) is 1.22. The molecule has 2 aromatic rings. The van der Waals surface area contributed by atoms with E-state index in [1.807, 2.05) is 32.9 Å². The number of aromatic nitrogens is 2. The molecule has 2 heterocycles. The zero-order valence-corrected chi connectivity index (χ0v) is 23.2. The fourth-order valence-electron chi connectivity index (χ4n) is 4.28. The maximum atomic E-state index is 13.8. The molecule has 0 unspecified atom stereocenters. The van der Waals surface area contributed by atoms with E-state index in [0.29, 0.717) is 11.5 Å². The van der Waals surface area contributed by atoms with Crippen LogP contribution in [0.25, 0.3) is 0 Å². The van der Waals surface area contributed by atoms with Crippen molar-refractivity contribution in [2.24, 2.45) is 11.8 Å². The topological polar surface area (TPSA) is 144 Å². The number of ketones is 1. The van der Waals surface area contributed by atoms with Gasteiger partial charge in [-0.15, -0.1) is 10.2 Å². The molecule has 206 valence electrons. The number of nitrogens with one attached hydrogen (secondary N) is 2. The van der Waals surface area contributed by atoms with E-state index in [0.717, 1.165) is 5.56 Å². The van der Waals surface area contributed by atoms with Crippen molar-refractivity contribution >= 4 is 23.7 Å². The van der Waals surface area contributed by atoms with Crippen LogP contribution in [0.3, 0.4) is 0 Å². The Morgan fingerprint density at radius 1 is 1.00 bits per heavy atom. The van der Waals surface area contributed by atoms with E-state index in [2.05, 4.69) is 20.8 Å². The molecule has 0 saturated carbocycles. The fraction of sp³-hybridized carbons (Fsp3) is 0.556. The second-order valence-electron chi connectivity index (χ2n) is 11.2. The SMILES string of the molecule is COC(=O)N[C@H](C(=O)N1Cc2ccccc2[C@H]1C(=O)N[C@H](C(=O)c1nnc(C(C)(C)C)o1)C(C)C)C(C)C. The molecule has 1 aromatic carbocycles. The average Bonchev–Trinajstić information content (AvgIpc) is 3.50. The molecule has 3 atom stereocenters. The van der Waals surface area contributed by atoms with Crippen molar-refractivity contribution in [3.05, 3.63) is 47.2 Å². The molecule has 0 saturated heterocycles. The summed E-state index contributed by atoms with van der Waals surface area (Å²) >= 11 is 0. The lowest BCUT2D eigenvalue weighted by molar-refractivity contribution is -0.143. The summed E-state index contributed by atoms with van der Waals surface area (Å²) in [6.07, 6.45) is -0.741. The van der Waals surface area contributed by atoms with Crippen molar-refractivity contribution in [1.82, 2.24) is 25.7 Å². The molecule has 2 N–H and O–H groups in total. The third kappa shape index (κ3) is 6.03. The number of nitrogens with zero attached hydrogens (tertiary/aromatic N) is 3. The van der Waals surface area contributed by atoms with Gasteiger partial charge in [0, 0.05) is 12.0 Å². The van der Waals surface area contributed by atoms with Crippen LogP contribution in [-0.4, -0.2) is 58.0 Å². The smallest absolute Gasteiger partial charge is 0.407 e. The third-order valence-corrected chi connectivity index (χ3v) is 6.45. The van der Waals surface area contributed by atoms with Crippen molar-refractivity contribution in [3.8, 4) is 0 Å². The molecule has 11 nitrogen and oxygen atoms in total. The maximum Gasteiger partial charge on any atom is 0.407 e. The number of alkyl carbamates (subject to hydrolysis) is 1. The Morgan fingerprint density at radius 3 is 2.18 bits per heavy atom. The highest BCUT2D eigenvalue weighted by Gasteiger charge is 2.43. The van der Waals surface area contributed by atoms with E-state index < -0.39 is 47.2 Å². The van der Waals surface area contributed by atoms with E-state index in [1.54, 1.807) is 39.8 Å². The predicted octanol–water partition coefficient (Wildman–Crippen LogP) is 3.15. The number of benzene rings is 1. The number of carbonyl (C=O) groups excluding carboxylic acids is 4. The van der Waals surface area contributed by atoms with Crippen molar-refractivity contribution in [3.63, 3.8) is 0 Å². The second-order valence-corrected chi connectivity index (χ2v) is 11.2. The first-order valence-electron chi connectivity index (χ1n) is 12.7. The number of carbonyl (C=O) groups is 4. The lowest BCUT2D eigenvalue weighted by atomic mass is 9.97. The van der Waals surface area contributed by atoms with Gasteiger partial charge in [0.05, 0.1) is 13.2 Å². The molecular formula is C27H37N5O6. The lowest BCUT2D eigenvalue weighted by Crippen LogP contribution is -2.54. The minimum atomic E-state index is -0.999. The van der Waals surface area contributed by atoms with Crippen LogP contribution >= 0.6 is 0 Å². The number of hydrogen-bond acceptors (Lipinski definition) is 8. The Bertz CT molecular complexity index is 1200. The maximum absolute atomic E-state index is 13.8. The van der Waals surface area contributed by atoms with Gasteiger partial charge in [-0.1, -0.05) is 72.7 Å². The van der Waals surface area contributed by atoms with Crippen LogP contribution in [0.5, 0.6) is 0 Å². The Morgan fingerprint density at radius 2 is 1.63 bits per heavy atom. The lowest BCUT2D eigenvalue weighted by Gasteiger charge is -2.31. The molecule has 3 amide bonds. The van der Waals surface area contributed by atoms with Crippen molar-refractivity contribution < 1.29 is 28.3 Å². The number of methoxy groups -OCH3 is 1. The zero-order valence-electron chi connectivity index (χ0n) is 23.2. The van der Waals surface area contributed by atoms with Gasteiger partial charge >= 0.3 is 6.09 Å². The van der Waals surface area contributed by atoms with Crippen molar-refractivity contribution in [1.29, 1.82) is 0 Å². The molecule has 38 heavy (non-hydrogen) atoms. The average molecular weight is 528 g/mol. The highest BCUT2D eigenvalue weighted by atomic mass is 16.5. The highest BCUT2D eigenvalue weighted by Crippen LogP contribution is 2.35. The zero-order chi connectivity index (χ0) is 28.4. The van der Waals surface area contributed by atoms with Crippen LogP contribution in [-0.2, 0) is 26.3 Å². The second kappa shape index (κ2) is 11.3. The molecule has 0 aliphatic carbocycles. The molecule has 1 aliphatic heterocycles. The normalized spacial score (nSPS) is 16.7. The number of fused-ring (bicyclic) bond motifs is 1. The van der Waals surface area contributed by atoms with Gasteiger partial charge in [0.1, 0.15) is 12.1 Å². The van der Waals surface area contributed by atoms with Gasteiger partial charge in [0.2, 0.25) is 23.5 Å². The van der Waals surface area contributed by atoms with E-state index in [4.69, 9.17) is 9.15 Å². The third-order valence-electron chi connectivity index (χ3n) is 6.45. The summed E-state index contributed by atoms with van der Waals surface area (Å²) in [5, 5.41) is 13.3. The quantitative estimate of drug-likeness (QED) is 0.498. The van der Waals surface area contributed by atoms with E-state index in [9.17, 15) is 19.2 Å². The van der Waals surface area contributed by atoms with Crippen LogP contribution in [0.4, 0.5) is 4.79 Å². The fourth-order valence-corrected chi connectivity index (χ4v) is 4.28. The Kier molecular flexibility index (Phi) is 8.58. The summed E-state index contributed by atoms with van der Waals surface area (Å²) in [6.45, 7) is 13.0. The van der Waals surface area contributed by atoms with Crippen LogP contribution in [0.2, 0.25) is 0 Å². The van der Waals surface area contributed by atoms with E-state index in [1.165, 1.54) is 12.0 Å². The first-order valence-corrected chi connectivity index (χ1v) is 12.7. The van der Waals surface area contributed by atoms with E-state index >= 15 is 0 Å². The van der Waals surface area contributed by atoms with Crippen molar-refractivity contribution in [2.75, 3.05) is 7.11 Å². The minimum Gasteiger partial charge on any atom is -0.453 e. The van der Waals surface area contributed by atoms with Gasteiger partial charge < -0.3 is 24.7 Å². The Labute approximate surface area is 222 Å². The molecule has 0 radical (unpaired) electrons. The first-order chi connectivity index (χ1) is 17.8. The summed E-state index contributed by atoms with van der Waals surface area (Å²) < 4.78 is 10.3. The Balaban J connectivity index is 1.91. The van der Waals surface area contributed by atoms with Gasteiger partial charge in [0.25, 0.3) is 5.89 Å². The molecule has 1 aliphatic rings. The largest absolute Gasteiger partial charge is 0.453 e. The Hall–Kier alpha value is -3.76. The first kappa shape index (κ1) is 28.8. The summed E-state index contributed by atoms with van der Waals surface area (Å²) in [5.41, 5.74) is 1.02. The molecule has 0 spiro atoms. The number of Topliss-reactive ketones (excluding diaryl/α,β-unsaturated/α-hetero) is 1. The van der Waals surface area contributed by atoms with Gasteiger partial charge in [-0.2, -0.15) is 0 Å². The van der Waals surface area contributed by atoms with Crippen LogP contribution in [0, 0.1) is 11.8 Å². The summed E-state index contributed by atoms with van der Waals surface area (Å²) in [5.74, 6) is -1.90. The van der Waals surface area contributed by atoms with Crippen LogP contribution in [0.1, 0.15) is 82.2 Å². The number of rotatable bonds is 8. The molecule has 3 rings (SSSR count).